The number of carbonyl (C=O) groups excluding carboxylic acids is 1. The van der Waals surface area contributed by atoms with Crippen molar-refractivity contribution in [2.45, 2.75) is 24.5 Å². The predicted octanol–water partition coefficient (Wildman–Crippen LogP) is 4.06. The van der Waals surface area contributed by atoms with Gasteiger partial charge in [0.15, 0.2) is 5.78 Å². The quantitative estimate of drug-likeness (QED) is 0.767. The lowest BCUT2D eigenvalue weighted by molar-refractivity contribution is 0.0980. The zero-order chi connectivity index (χ0) is 11.5. The predicted molar refractivity (Wildman–Crippen MR) is 68.5 cm³/mol. The lowest BCUT2D eigenvalue weighted by atomic mass is 10.0. The van der Waals surface area contributed by atoms with Crippen LogP contribution in [0.5, 0.6) is 0 Å². The summed E-state index contributed by atoms with van der Waals surface area (Å²) in [5, 5.41) is -0.0676. The van der Waals surface area contributed by atoms with Gasteiger partial charge in [-0.05, 0) is 46.7 Å². The summed E-state index contributed by atoms with van der Waals surface area (Å²) in [6.45, 7) is 0. The van der Waals surface area contributed by atoms with Crippen molar-refractivity contribution >= 4 is 33.5 Å². The van der Waals surface area contributed by atoms with Crippen molar-refractivity contribution in [1.29, 1.82) is 0 Å². The molecule has 1 saturated heterocycles. The monoisotopic (exact) mass is 302 g/mol. The van der Waals surface area contributed by atoms with E-state index >= 15 is 0 Å². The molecule has 1 aromatic rings. The van der Waals surface area contributed by atoms with Gasteiger partial charge in [-0.1, -0.05) is 12.5 Å². The Labute approximate surface area is 107 Å². The summed E-state index contributed by atoms with van der Waals surface area (Å²) in [5.74, 6) is 0.503. The van der Waals surface area contributed by atoms with Crippen LogP contribution in [0, 0.1) is 5.82 Å². The van der Waals surface area contributed by atoms with E-state index in [4.69, 9.17) is 0 Å². The maximum Gasteiger partial charge on any atom is 0.179 e. The first-order valence-corrected chi connectivity index (χ1v) is 7.14. The molecule has 1 unspecified atom stereocenters. The standard InChI is InChI=1S/C12H12BrFOS/c13-8-4-3-5-9(14)11(8)12(15)10-6-1-2-7-16-10/h3-5,10H,1-2,6-7H2. The molecule has 1 aliphatic heterocycles. The molecule has 1 aliphatic rings. The van der Waals surface area contributed by atoms with E-state index in [1.165, 1.54) is 6.07 Å². The number of ketones is 1. The van der Waals surface area contributed by atoms with Crippen molar-refractivity contribution in [1.82, 2.24) is 0 Å². The van der Waals surface area contributed by atoms with Crippen LogP contribution in [-0.2, 0) is 0 Å². The van der Waals surface area contributed by atoms with E-state index in [1.807, 2.05) is 0 Å². The molecule has 0 saturated carbocycles. The Morgan fingerprint density at radius 1 is 1.44 bits per heavy atom. The van der Waals surface area contributed by atoms with Gasteiger partial charge in [-0.15, -0.1) is 0 Å². The first-order valence-electron chi connectivity index (χ1n) is 5.30. The molecule has 1 aromatic carbocycles. The van der Waals surface area contributed by atoms with E-state index < -0.39 is 5.82 Å². The Morgan fingerprint density at radius 3 is 2.88 bits per heavy atom. The number of thioether (sulfide) groups is 1. The van der Waals surface area contributed by atoms with Gasteiger partial charge in [-0.25, -0.2) is 4.39 Å². The highest BCUT2D eigenvalue weighted by Crippen LogP contribution is 2.31. The Bertz CT molecular complexity index is 382. The average molecular weight is 303 g/mol. The van der Waals surface area contributed by atoms with E-state index in [1.54, 1.807) is 23.9 Å². The molecule has 1 nitrogen and oxygen atoms in total. The van der Waals surface area contributed by atoms with Crippen LogP contribution in [0.15, 0.2) is 22.7 Å². The molecule has 2 rings (SSSR count). The maximum atomic E-state index is 13.6. The molecule has 1 fully saturated rings. The van der Waals surface area contributed by atoms with Crippen molar-refractivity contribution in [3.8, 4) is 0 Å². The van der Waals surface area contributed by atoms with Crippen LogP contribution < -0.4 is 0 Å². The lowest BCUT2D eigenvalue weighted by Gasteiger charge is -2.20. The normalized spacial score (nSPS) is 20.8. The molecule has 0 bridgehead atoms. The molecule has 0 spiro atoms. The topological polar surface area (TPSA) is 17.1 Å². The Kier molecular flexibility index (Phi) is 4.03. The summed E-state index contributed by atoms with van der Waals surface area (Å²) in [6, 6.07) is 4.65. The third kappa shape index (κ3) is 2.48. The van der Waals surface area contributed by atoms with Gasteiger partial charge in [0.1, 0.15) is 5.82 Å². The third-order valence-electron chi connectivity index (χ3n) is 2.68. The van der Waals surface area contributed by atoms with Crippen LogP contribution in [0.4, 0.5) is 4.39 Å². The van der Waals surface area contributed by atoms with Gasteiger partial charge in [-0.2, -0.15) is 11.8 Å². The van der Waals surface area contributed by atoms with Crippen LogP contribution in [0.3, 0.4) is 0 Å². The van der Waals surface area contributed by atoms with Crippen molar-refractivity contribution in [3.05, 3.63) is 34.1 Å². The highest BCUT2D eigenvalue weighted by atomic mass is 79.9. The van der Waals surface area contributed by atoms with Crippen LogP contribution in [0.2, 0.25) is 0 Å². The molecule has 0 N–H and O–H groups in total. The van der Waals surface area contributed by atoms with Crippen LogP contribution >= 0.6 is 27.7 Å². The minimum absolute atomic E-state index is 0.0676. The Hall–Kier alpha value is -0.350. The summed E-state index contributed by atoms with van der Waals surface area (Å²) in [4.78, 5) is 12.2. The minimum atomic E-state index is -0.425. The zero-order valence-electron chi connectivity index (χ0n) is 8.71. The van der Waals surface area contributed by atoms with Crippen molar-refractivity contribution in [3.63, 3.8) is 0 Å². The molecule has 0 aliphatic carbocycles. The average Bonchev–Trinajstić information content (AvgIpc) is 2.30. The number of Topliss-reactive ketones (excluding diaryl/α,β-unsaturated/α-hetero) is 1. The molecule has 4 heteroatoms. The van der Waals surface area contributed by atoms with Gasteiger partial charge >= 0.3 is 0 Å². The molecule has 86 valence electrons. The fraction of sp³-hybridized carbons (Fsp3) is 0.417. The second kappa shape index (κ2) is 5.32. The Morgan fingerprint density at radius 2 is 2.25 bits per heavy atom. The number of benzene rings is 1. The number of hydrogen-bond donors (Lipinski definition) is 0. The summed E-state index contributed by atoms with van der Waals surface area (Å²) in [7, 11) is 0. The number of rotatable bonds is 2. The van der Waals surface area contributed by atoms with Gasteiger partial charge in [0.25, 0.3) is 0 Å². The summed E-state index contributed by atoms with van der Waals surface area (Å²) >= 11 is 4.89. The smallest absolute Gasteiger partial charge is 0.179 e. The molecule has 1 heterocycles. The summed E-state index contributed by atoms with van der Waals surface area (Å²) in [6.07, 6.45) is 3.09. The van der Waals surface area contributed by atoms with E-state index in [0.717, 1.165) is 25.0 Å². The molecular formula is C12H12BrFOS. The summed E-state index contributed by atoms with van der Waals surface area (Å²) in [5.41, 5.74) is 0.210. The van der Waals surface area contributed by atoms with Gasteiger partial charge in [-0.3, -0.25) is 4.79 Å². The SMILES string of the molecule is O=C(c1c(F)cccc1Br)C1CCCCS1. The molecule has 0 amide bonds. The van der Waals surface area contributed by atoms with Crippen LogP contribution in [0.1, 0.15) is 29.6 Å². The van der Waals surface area contributed by atoms with Gasteiger partial charge in [0.2, 0.25) is 0 Å². The Balaban J connectivity index is 2.26. The maximum absolute atomic E-state index is 13.6. The van der Waals surface area contributed by atoms with E-state index in [-0.39, 0.29) is 16.6 Å². The zero-order valence-corrected chi connectivity index (χ0v) is 11.1. The van der Waals surface area contributed by atoms with Crippen molar-refractivity contribution in [2.75, 3.05) is 5.75 Å². The molecular weight excluding hydrogens is 291 g/mol. The van der Waals surface area contributed by atoms with Crippen LogP contribution in [0.25, 0.3) is 0 Å². The first kappa shape index (κ1) is 12.1. The molecule has 0 radical (unpaired) electrons. The van der Waals surface area contributed by atoms with E-state index in [2.05, 4.69) is 15.9 Å². The fourth-order valence-corrected chi connectivity index (χ4v) is 3.64. The van der Waals surface area contributed by atoms with E-state index in [0.29, 0.717) is 4.47 Å². The highest BCUT2D eigenvalue weighted by molar-refractivity contribution is 9.10. The first-order chi connectivity index (χ1) is 7.70. The minimum Gasteiger partial charge on any atom is -0.293 e. The van der Waals surface area contributed by atoms with E-state index in [9.17, 15) is 9.18 Å². The summed E-state index contributed by atoms with van der Waals surface area (Å²) < 4.78 is 14.2. The third-order valence-corrected chi connectivity index (χ3v) is 4.72. The lowest BCUT2D eigenvalue weighted by Crippen LogP contribution is -2.22. The number of hydrogen-bond acceptors (Lipinski definition) is 2. The van der Waals surface area contributed by atoms with Gasteiger partial charge in [0.05, 0.1) is 10.8 Å². The second-order valence-electron chi connectivity index (χ2n) is 3.82. The van der Waals surface area contributed by atoms with Gasteiger partial charge < -0.3 is 0 Å². The largest absolute Gasteiger partial charge is 0.293 e. The molecule has 1 atom stereocenters. The number of carbonyl (C=O) groups is 1. The second-order valence-corrected chi connectivity index (χ2v) is 5.98. The van der Waals surface area contributed by atoms with Gasteiger partial charge in [0, 0.05) is 4.47 Å². The molecule has 0 aromatic heterocycles. The highest BCUT2D eigenvalue weighted by Gasteiger charge is 2.26. The number of halogens is 2. The van der Waals surface area contributed by atoms with Crippen LogP contribution in [-0.4, -0.2) is 16.8 Å². The fourth-order valence-electron chi connectivity index (χ4n) is 1.84. The van der Waals surface area contributed by atoms with Crippen molar-refractivity contribution < 1.29 is 9.18 Å². The molecule has 16 heavy (non-hydrogen) atoms. The van der Waals surface area contributed by atoms with Crippen molar-refractivity contribution in [2.24, 2.45) is 0 Å².